The summed E-state index contributed by atoms with van der Waals surface area (Å²) in [5.41, 5.74) is 10.3. The van der Waals surface area contributed by atoms with Crippen LogP contribution in [-0.2, 0) is 9.53 Å². The highest BCUT2D eigenvalue weighted by Gasteiger charge is 2.02. The summed E-state index contributed by atoms with van der Waals surface area (Å²) in [6.07, 6.45) is 1.20. The fourth-order valence-electron chi connectivity index (χ4n) is 1.02. The summed E-state index contributed by atoms with van der Waals surface area (Å²) in [6, 6.07) is 0.121. The van der Waals surface area contributed by atoms with E-state index in [-0.39, 0.29) is 18.6 Å². The summed E-state index contributed by atoms with van der Waals surface area (Å²) in [4.78, 5) is 21.3. The number of hydrogen-bond donors (Lipinski definition) is 3. The SMILES string of the molecule is CC(N)CCCC(=O)NCCOC(N)=O. The maximum Gasteiger partial charge on any atom is 0.404 e. The van der Waals surface area contributed by atoms with Gasteiger partial charge in [0.25, 0.3) is 0 Å². The molecule has 0 heterocycles. The van der Waals surface area contributed by atoms with Crippen molar-refractivity contribution in [1.82, 2.24) is 5.32 Å². The maximum absolute atomic E-state index is 11.1. The second kappa shape index (κ2) is 8.05. The molecule has 6 heteroatoms. The van der Waals surface area contributed by atoms with E-state index in [9.17, 15) is 9.59 Å². The molecule has 0 aromatic rings. The third kappa shape index (κ3) is 10.6. The lowest BCUT2D eigenvalue weighted by molar-refractivity contribution is -0.121. The molecule has 0 aliphatic heterocycles. The highest BCUT2D eigenvalue weighted by Crippen LogP contribution is 1.97. The van der Waals surface area contributed by atoms with Crippen LogP contribution >= 0.6 is 0 Å². The Morgan fingerprint density at radius 2 is 2.13 bits per heavy atom. The Balaban J connectivity index is 3.30. The maximum atomic E-state index is 11.1. The van der Waals surface area contributed by atoms with Crippen molar-refractivity contribution in [1.29, 1.82) is 0 Å². The lowest BCUT2D eigenvalue weighted by atomic mass is 10.1. The number of primary amides is 1. The number of rotatable bonds is 7. The molecule has 0 fully saturated rings. The number of amides is 2. The first-order valence-corrected chi connectivity index (χ1v) is 4.97. The first kappa shape index (κ1) is 13.7. The van der Waals surface area contributed by atoms with Gasteiger partial charge in [-0.2, -0.15) is 0 Å². The molecule has 0 radical (unpaired) electrons. The molecule has 15 heavy (non-hydrogen) atoms. The van der Waals surface area contributed by atoms with Crippen LogP contribution in [0.5, 0.6) is 0 Å². The molecule has 0 aromatic heterocycles. The Hall–Kier alpha value is -1.30. The van der Waals surface area contributed by atoms with E-state index < -0.39 is 6.09 Å². The van der Waals surface area contributed by atoms with Gasteiger partial charge in [0, 0.05) is 12.5 Å². The highest BCUT2D eigenvalue weighted by molar-refractivity contribution is 5.75. The van der Waals surface area contributed by atoms with E-state index in [2.05, 4.69) is 10.1 Å². The normalized spacial score (nSPS) is 11.9. The molecular formula is C9H19N3O3. The fraction of sp³-hybridized carbons (Fsp3) is 0.778. The van der Waals surface area contributed by atoms with Crippen molar-refractivity contribution < 1.29 is 14.3 Å². The quantitative estimate of drug-likeness (QED) is 0.509. The summed E-state index contributed by atoms with van der Waals surface area (Å²) >= 11 is 0. The first-order valence-electron chi connectivity index (χ1n) is 4.97. The Labute approximate surface area is 89.3 Å². The van der Waals surface area contributed by atoms with Crippen LogP contribution in [0.25, 0.3) is 0 Å². The molecule has 5 N–H and O–H groups in total. The summed E-state index contributed by atoms with van der Waals surface area (Å²) in [7, 11) is 0. The smallest absolute Gasteiger partial charge is 0.404 e. The molecule has 0 aromatic carbocycles. The third-order valence-electron chi connectivity index (χ3n) is 1.73. The van der Waals surface area contributed by atoms with Crippen molar-refractivity contribution in [2.45, 2.75) is 32.2 Å². The zero-order chi connectivity index (χ0) is 11.7. The van der Waals surface area contributed by atoms with Gasteiger partial charge in [-0.05, 0) is 19.8 Å². The zero-order valence-corrected chi connectivity index (χ0v) is 8.99. The van der Waals surface area contributed by atoms with Gasteiger partial charge in [-0.1, -0.05) is 0 Å². The van der Waals surface area contributed by atoms with E-state index in [1.54, 1.807) is 0 Å². The number of hydrogen-bond acceptors (Lipinski definition) is 4. The minimum Gasteiger partial charge on any atom is -0.448 e. The summed E-state index contributed by atoms with van der Waals surface area (Å²) in [6.45, 7) is 2.30. The molecule has 0 saturated heterocycles. The van der Waals surface area contributed by atoms with Crippen molar-refractivity contribution in [3.63, 3.8) is 0 Å². The summed E-state index contributed by atoms with van der Waals surface area (Å²) in [5.74, 6) is -0.0660. The van der Waals surface area contributed by atoms with E-state index in [0.29, 0.717) is 13.0 Å². The Kier molecular flexibility index (Phi) is 7.35. The van der Waals surface area contributed by atoms with Gasteiger partial charge in [0.15, 0.2) is 0 Å². The van der Waals surface area contributed by atoms with Crippen LogP contribution in [0.2, 0.25) is 0 Å². The van der Waals surface area contributed by atoms with Gasteiger partial charge in [-0.25, -0.2) is 4.79 Å². The predicted molar refractivity (Wildman–Crippen MR) is 56.0 cm³/mol. The van der Waals surface area contributed by atoms with E-state index in [4.69, 9.17) is 11.5 Å². The standard InChI is InChI=1S/C9H19N3O3/c1-7(10)3-2-4-8(13)12-5-6-15-9(11)14/h7H,2-6,10H2,1H3,(H2,11,14)(H,12,13). The van der Waals surface area contributed by atoms with Gasteiger partial charge >= 0.3 is 6.09 Å². The summed E-state index contributed by atoms with van der Waals surface area (Å²) < 4.78 is 4.44. The molecular weight excluding hydrogens is 198 g/mol. The van der Waals surface area contributed by atoms with Crippen LogP contribution in [0.15, 0.2) is 0 Å². The van der Waals surface area contributed by atoms with Crippen LogP contribution < -0.4 is 16.8 Å². The van der Waals surface area contributed by atoms with Crippen molar-refractivity contribution in [3.8, 4) is 0 Å². The molecule has 0 spiro atoms. The summed E-state index contributed by atoms with van der Waals surface area (Å²) in [5, 5.41) is 2.60. The second-order valence-electron chi connectivity index (χ2n) is 3.39. The van der Waals surface area contributed by atoms with Gasteiger partial charge in [0.05, 0.1) is 6.54 Å². The van der Waals surface area contributed by atoms with Crippen LogP contribution in [0.3, 0.4) is 0 Å². The minimum absolute atomic E-state index is 0.0660. The highest BCUT2D eigenvalue weighted by atomic mass is 16.5. The average molecular weight is 217 g/mol. The molecule has 0 saturated carbocycles. The van der Waals surface area contributed by atoms with Crippen LogP contribution in [0.1, 0.15) is 26.2 Å². The number of carbonyl (C=O) groups excluding carboxylic acids is 2. The van der Waals surface area contributed by atoms with Gasteiger partial charge in [-0.3, -0.25) is 4.79 Å². The van der Waals surface area contributed by atoms with Gasteiger partial charge in [-0.15, -0.1) is 0 Å². The molecule has 0 rings (SSSR count). The Morgan fingerprint density at radius 1 is 1.47 bits per heavy atom. The molecule has 0 aliphatic rings. The van der Waals surface area contributed by atoms with Crippen molar-refractivity contribution in [3.05, 3.63) is 0 Å². The Morgan fingerprint density at radius 3 is 2.67 bits per heavy atom. The number of nitrogens with one attached hydrogen (secondary N) is 1. The molecule has 6 nitrogen and oxygen atoms in total. The Bertz CT molecular complexity index is 207. The molecule has 1 unspecified atom stereocenters. The van der Waals surface area contributed by atoms with Crippen molar-refractivity contribution in [2.75, 3.05) is 13.2 Å². The topological polar surface area (TPSA) is 107 Å². The minimum atomic E-state index is -0.832. The second-order valence-corrected chi connectivity index (χ2v) is 3.39. The van der Waals surface area contributed by atoms with Gasteiger partial charge in [0.2, 0.25) is 5.91 Å². The monoisotopic (exact) mass is 217 g/mol. The molecule has 2 amide bonds. The molecule has 1 atom stereocenters. The van der Waals surface area contributed by atoms with E-state index in [1.807, 2.05) is 6.92 Å². The number of nitrogens with two attached hydrogens (primary N) is 2. The predicted octanol–water partition coefficient (Wildman–Crippen LogP) is -0.285. The lowest BCUT2D eigenvalue weighted by Gasteiger charge is -2.06. The average Bonchev–Trinajstić information content (AvgIpc) is 2.11. The third-order valence-corrected chi connectivity index (χ3v) is 1.73. The molecule has 88 valence electrons. The van der Waals surface area contributed by atoms with E-state index in [1.165, 1.54) is 0 Å². The van der Waals surface area contributed by atoms with E-state index >= 15 is 0 Å². The zero-order valence-electron chi connectivity index (χ0n) is 8.99. The van der Waals surface area contributed by atoms with Crippen LogP contribution in [-0.4, -0.2) is 31.2 Å². The fourth-order valence-corrected chi connectivity index (χ4v) is 1.02. The van der Waals surface area contributed by atoms with E-state index in [0.717, 1.165) is 12.8 Å². The number of ether oxygens (including phenoxy) is 1. The number of carbonyl (C=O) groups is 2. The lowest BCUT2D eigenvalue weighted by Crippen LogP contribution is -2.29. The largest absolute Gasteiger partial charge is 0.448 e. The van der Waals surface area contributed by atoms with Gasteiger partial charge in [0.1, 0.15) is 6.61 Å². The molecule has 0 aliphatic carbocycles. The van der Waals surface area contributed by atoms with Crippen LogP contribution in [0.4, 0.5) is 4.79 Å². The van der Waals surface area contributed by atoms with Crippen LogP contribution in [0, 0.1) is 0 Å². The first-order chi connectivity index (χ1) is 7.02. The van der Waals surface area contributed by atoms with Crippen molar-refractivity contribution >= 4 is 12.0 Å². The van der Waals surface area contributed by atoms with Crippen molar-refractivity contribution in [2.24, 2.45) is 11.5 Å². The molecule has 0 bridgehead atoms. The van der Waals surface area contributed by atoms with Gasteiger partial charge < -0.3 is 21.5 Å².